The lowest BCUT2D eigenvalue weighted by molar-refractivity contribution is -0.115. The van der Waals surface area contributed by atoms with Crippen LogP contribution in [0.5, 0.6) is 5.75 Å². The Morgan fingerprint density at radius 2 is 1.57 bits per heavy atom. The van der Waals surface area contributed by atoms with E-state index in [1.807, 2.05) is 37.3 Å². The first-order valence-electron chi connectivity index (χ1n) is 9.17. The average molecular weight is 443 g/mol. The Hall–Kier alpha value is -2.97. The fraction of sp³-hybridized carbons (Fsp3) is 0.136. The number of rotatable bonds is 8. The lowest BCUT2D eigenvalue weighted by atomic mass is 10.3. The van der Waals surface area contributed by atoms with Gasteiger partial charge in [0.2, 0.25) is 5.91 Å². The quantitative estimate of drug-likeness (QED) is 0.498. The number of hydrogen-bond acceptors (Lipinski definition) is 5. The molecule has 0 bridgehead atoms. The van der Waals surface area contributed by atoms with Gasteiger partial charge >= 0.3 is 0 Å². The van der Waals surface area contributed by atoms with Gasteiger partial charge in [0.05, 0.1) is 22.9 Å². The highest BCUT2D eigenvalue weighted by Crippen LogP contribution is 2.27. The van der Waals surface area contributed by atoms with E-state index < -0.39 is 10.0 Å². The molecule has 6 nitrogen and oxygen atoms in total. The standard InChI is InChI=1S/C22H22N2O4S2/c1-16(29-18-8-4-3-5-9-18)22(25)23-17-12-14-19(15-13-17)30(26,27)24-20-10-6-7-11-21(20)28-2/h3-16,24H,1-2H3,(H,23,25). The van der Waals surface area contributed by atoms with Crippen LogP contribution in [0.15, 0.2) is 88.7 Å². The summed E-state index contributed by atoms with van der Waals surface area (Å²) in [5.74, 6) is 0.265. The molecule has 3 rings (SSSR count). The van der Waals surface area contributed by atoms with Gasteiger partial charge < -0.3 is 10.1 Å². The lowest BCUT2D eigenvalue weighted by Gasteiger charge is -2.13. The van der Waals surface area contributed by atoms with E-state index in [4.69, 9.17) is 4.74 Å². The molecule has 8 heteroatoms. The monoisotopic (exact) mass is 442 g/mol. The molecule has 3 aromatic carbocycles. The van der Waals surface area contributed by atoms with Crippen LogP contribution in [0, 0.1) is 0 Å². The summed E-state index contributed by atoms with van der Waals surface area (Å²) in [4.78, 5) is 13.5. The van der Waals surface area contributed by atoms with Gasteiger partial charge in [0, 0.05) is 10.6 Å². The zero-order valence-electron chi connectivity index (χ0n) is 16.5. The average Bonchev–Trinajstić information content (AvgIpc) is 2.75. The molecule has 3 aromatic rings. The summed E-state index contributed by atoms with van der Waals surface area (Å²) in [6.07, 6.45) is 0. The van der Waals surface area contributed by atoms with E-state index in [1.54, 1.807) is 36.4 Å². The molecule has 1 atom stereocenters. The molecule has 0 heterocycles. The fourth-order valence-electron chi connectivity index (χ4n) is 2.65. The van der Waals surface area contributed by atoms with Crippen molar-refractivity contribution in [2.24, 2.45) is 0 Å². The van der Waals surface area contributed by atoms with Gasteiger partial charge in [-0.1, -0.05) is 30.3 Å². The Balaban J connectivity index is 1.66. The normalized spacial score (nSPS) is 12.1. The molecule has 0 spiro atoms. The number of sulfonamides is 1. The number of benzene rings is 3. The number of anilines is 2. The second-order valence-electron chi connectivity index (χ2n) is 6.39. The van der Waals surface area contributed by atoms with Crippen molar-refractivity contribution in [3.05, 3.63) is 78.9 Å². The third-order valence-corrected chi connectivity index (χ3v) is 6.70. The van der Waals surface area contributed by atoms with Crippen molar-refractivity contribution < 1.29 is 17.9 Å². The molecular weight excluding hydrogens is 420 g/mol. The topological polar surface area (TPSA) is 84.5 Å². The summed E-state index contributed by atoms with van der Waals surface area (Å²) in [6.45, 7) is 1.82. The summed E-state index contributed by atoms with van der Waals surface area (Å²) >= 11 is 1.45. The van der Waals surface area contributed by atoms with Crippen LogP contribution in [0.25, 0.3) is 0 Å². The zero-order chi connectivity index (χ0) is 21.6. The molecule has 0 fully saturated rings. The summed E-state index contributed by atoms with van der Waals surface area (Å²) in [6, 6.07) is 22.4. The van der Waals surface area contributed by atoms with E-state index in [0.29, 0.717) is 17.1 Å². The van der Waals surface area contributed by atoms with Crippen LogP contribution in [-0.4, -0.2) is 26.7 Å². The third kappa shape index (κ3) is 5.55. The van der Waals surface area contributed by atoms with Crippen LogP contribution in [0.1, 0.15) is 6.92 Å². The Morgan fingerprint density at radius 3 is 2.23 bits per heavy atom. The van der Waals surface area contributed by atoms with Gasteiger partial charge in [-0.3, -0.25) is 9.52 Å². The Morgan fingerprint density at radius 1 is 0.933 bits per heavy atom. The van der Waals surface area contributed by atoms with Crippen LogP contribution < -0.4 is 14.8 Å². The molecule has 156 valence electrons. The number of hydrogen-bond donors (Lipinski definition) is 2. The minimum Gasteiger partial charge on any atom is -0.495 e. The molecule has 0 radical (unpaired) electrons. The van der Waals surface area contributed by atoms with Gasteiger partial charge in [-0.25, -0.2) is 8.42 Å². The molecule has 30 heavy (non-hydrogen) atoms. The smallest absolute Gasteiger partial charge is 0.262 e. The number of carbonyl (C=O) groups is 1. The molecule has 2 N–H and O–H groups in total. The van der Waals surface area contributed by atoms with Crippen LogP contribution in [0.3, 0.4) is 0 Å². The number of methoxy groups -OCH3 is 1. The second-order valence-corrected chi connectivity index (χ2v) is 9.49. The number of carbonyl (C=O) groups excluding carboxylic acids is 1. The van der Waals surface area contributed by atoms with Crippen molar-refractivity contribution in [3.8, 4) is 5.75 Å². The van der Waals surface area contributed by atoms with E-state index in [9.17, 15) is 13.2 Å². The molecule has 0 aliphatic heterocycles. The minimum atomic E-state index is -3.79. The maximum atomic E-state index is 12.7. The van der Waals surface area contributed by atoms with Gasteiger partial charge in [-0.05, 0) is 55.5 Å². The van der Waals surface area contributed by atoms with Crippen molar-refractivity contribution in [1.82, 2.24) is 0 Å². The van der Waals surface area contributed by atoms with Crippen LogP contribution in [-0.2, 0) is 14.8 Å². The Kier molecular flexibility index (Phi) is 7.02. The molecule has 0 aromatic heterocycles. The molecule has 0 saturated heterocycles. The first-order chi connectivity index (χ1) is 14.4. The predicted molar refractivity (Wildman–Crippen MR) is 121 cm³/mol. The number of amides is 1. The SMILES string of the molecule is COc1ccccc1NS(=O)(=O)c1ccc(NC(=O)C(C)Sc2ccccc2)cc1. The highest BCUT2D eigenvalue weighted by Gasteiger charge is 2.18. The van der Waals surface area contributed by atoms with Gasteiger partial charge in [-0.15, -0.1) is 11.8 Å². The Labute approximate surface area is 180 Å². The maximum Gasteiger partial charge on any atom is 0.262 e. The van der Waals surface area contributed by atoms with Crippen LogP contribution in [0.4, 0.5) is 11.4 Å². The van der Waals surface area contributed by atoms with E-state index in [2.05, 4.69) is 10.0 Å². The third-order valence-electron chi connectivity index (χ3n) is 4.21. The maximum absolute atomic E-state index is 12.7. The summed E-state index contributed by atoms with van der Waals surface area (Å²) < 4.78 is 33.0. The van der Waals surface area contributed by atoms with E-state index >= 15 is 0 Å². The predicted octanol–water partition coefficient (Wildman–Crippen LogP) is 4.62. The van der Waals surface area contributed by atoms with Crippen LogP contribution >= 0.6 is 11.8 Å². The first-order valence-corrected chi connectivity index (χ1v) is 11.5. The van der Waals surface area contributed by atoms with Gasteiger partial charge in [0.15, 0.2) is 0 Å². The Bertz CT molecular complexity index is 1100. The zero-order valence-corrected chi connectivity index (χ0v) is 18.2. The van der Waals surface area contributed by atoms with Crippen molar-refractivity contribution in [2.75, 3.05) is 17.1 Å². The van der Waals surface area contributed by atoms with Gasteiger partial charge in [0.1, 0.15) is 5.75 Å². The summed E-state index contributed by atoms with van der Waals surface area (Å²) in [7, 11) is -2.32. The number of ether oxygens (including phenoxy) is 1. The highest BCUT2D eigenvalue weighted by atomic mass is 32.2. The lowest BCUT2D eigenvalue weighted by Crippen LogP contribution is -2.22. The number of para-hydroxylation sites is 2. The van der Waals surface area contributed by atoms with E-state index in [1.165, 1.54) is 31.0 Å². The van der Waals surface area contributed by atoms with Crippen molar-refractivity contribution in [2.45, 2.75) is 22.0 Å². The minimum absolute atomic E-state index is 0.0816. The molecule has 0 aliphatic carbocycles. The molecule has 0 saturated carbocycles. The first kappa shape index (κ1) is 21.7. The summed E-state index contributed by atoms with van der Waals surface area (Å²) in [5, 5.41) is 2.51. The van der Waals surface area contributed by atoms with Crippen molar-refractivity contribution in [3.63, 3.8) is 0 Å². The number of thioether (sulfide) groups is 1. The molecule has 1 amide bonds. The van der Waals surface area contributed by atoms with Crippen molar-refractivity contribution in [1.29, 1.82) is 0 Å². The van der Waals surface area contributed by atoms with Gasteiger partial charge in [0.25, 0.3) is 10.0 Å². The molecular formula is C22H22N2O4S2. The molecule has 0 aliphatic rings. The second kappa shape index (κ2) is 9.69. The highest BCUT2D eigenvalue weighted by molar-refractivity contribution is 8.00. The summed E-state index contributed by atoms with van der Waals surface area (Å²) in [5.41, 5.74) is 0.876. The largest absolute Gasteiger partial charge is 0.495 e. The fourth-order valence-corrected chi connectivity index (χ4v) is 4.61. The van der Waals surface area contributed by atoms with Crippen molar-refractivity contribution >= 4 is 39.1 Å². The number of nitrogens with one attached hydrogen (secondary N) is 2. The van der Waals surface area contributed by atoms with Crippen LogP contribution in [0.2, 0.25) is 0 Å². The molecule has 1 unspecified atom stereocenters. The van der Waals surface area contributed by atoms with Gasteiger partial charge in [-0.2, -0.15) is 0 Å². The van der Waals surface area contributed by atoms with E-state index in [0.717, 1.165) is 4.90 Å². The van der Waals surface area contributed by atoms with E-state index in [-0.39, 0.29) is 16.1 Å².